The van der Waals surface area contributed by atoms with Gasteiger partial charge in [-0.15, -0.1) is 0 Å². The summed E-state index contributed by atoms with van der Waals surface area (Å²) in [6.07, 6.45) is 1.04. The quantitative estimate of drug-likeness (QED) is 0.668. The first-order valence-electron chi connectivity index (χ1n) is 5.52. The average Bonchev–Trinajstić information content (AvgIpc) is 2.47. The van der Waals surface area contributed by atoms with Gasteiger partial charge in [-0.3, -0.25) is 10.1 Å². The fourth-order valence-corrected chi connectivity index (χ4v) is 1.43. The lowest BCUT2D eigenvalue weighted by molar-refractivity contribution is -0.386. The zero-order valence-electron chi connectivity index (χ0n) is 10.4. The van der Waals surface area contributed by atoms with E-state index in [4.69, 9.17) is 10.00 Å². The molecular formula is C12H9N5O3. The van der Waals surface area contributed by atoms with Crippen LogP contribution in [0.3, 0.4) is 0 Å². The molecule has 0 aliphatic heterocycles. The lowest BCUT2D eigenvalue weighted by atomic mass is 10.2. The number of benzene rings is 1. The van der Waals surface area contributed by atoms with Crippen molar-refractivity contribution < 1.29 is 9.66 Å². The molecule has 0 fully saturated rings. The minimum Gasteiger partial charge on any atom is -0.432 e. The highest BCUT2D eigenvalue weighted by Crippen LogP contribution is 2.30. The summed E-state index contributed by atoms with van der Waals surface area (Å²) in [7, 11) is 1.58. The second-order valence-corrected chi connectivity index (χ2v) is 3.60. The summed E-state index contributed by atoms with van der Waals surface area (Å²) in [5.41, 5.74) is -0.122. The minimum absolute atomic E-state index is 0.181. The highest BCUT2D eigenvalue weighted by atomic mass is 16.6. The fourth-order valence-electron chi connectivity index (χ4n) is 1.43. The third kappa shape index (κ3) is 2.62. The Morgan fingerprint density at radius 2 is 2.20 bits per heavy atom. The molecule has 1 aromatic heterocycles. The van der Waals surface area contributed by atoms with E-state index in [9.17, 15) is 10.1 Å². The van der Waals surface area contributed by atoms with E-state index in [-0.39, 0.29) is 28.8 Å². The summed E-state index contributed by atoms with van der Waals surface area (Å²) in [5.74, 6) is 0.149. The van der Waals surface area contributed by atoms with E-state index in [0.717, 1.165) is 6.20 Å². The number of hydrogen-bond donors (Lipinski definition) is 1. The van der Waals surface area contributed by atoms with E-state index in [0.29, 0.717) is 0 Å². The number of nitriles is 1. The molecule has 0 amide bonds. The third-order valence-electron chi connectivity index (χ3n) is 2.37. The molecule has 1 aromatic carbocycles. The number of aromatic nitrogens is 2. The van der Waals surface area contributed by atoms with Gasteiger partial charge in [0.25, 0.3) is 0 Å². The van der Waals surface area contributed by atoms with Crippen LogP contribution in [0.1, 0.15) is 5.56 Å². The molecule has 100 valence electrons. The Kier molecular flexibility index (Phi) is 3.72. The normalized spacial score (nSPS) is 9.60. The maximum atomic E-state index is 10.9. The predicted octanol–water partition coefficient (Wildman–Crippen LogP) is 2.09. The number of nitrogens with zero attached hydrogens (tertiary/aromatic N) is 4. The Hall–Kier alpha value is -3.21. The van der Waals surface area contributed by atoms with Crippen LogP contribution < -0.4 is 10.1 Å². The van der Waals surface area contributed by atoms with Gasteiger partial charge in [0.05, 0.1) is 10.5 Å². The number of rotatable bonds is 4. The van der Waals surface area contributed by atoms with E-state index in [1.54, 1.807) is 25.2 Å². The highest BCUT2D eigenvalue weighted by Gasteiger charge is 2.20. The van der Waals surface area contributed by atoms with Crippen molar-refractivity contribution in [2.75, 3.05) is 12.4 Å². The number of para-hydroxylation sites is 1. The first kappa shape index (κ1) is 13.2. The Balaban J connectivity index is 2.46. The maximum absolute atomic E-state index is 10.9. The summed E-state index contributed by atoms with van der Waals surface area (Å²) in [5, 5.41) is 22.6. The summed E-state index contributed by atoms with van der Waals surface area (Å²) in [6, 6.07) is 8.33. The highest BCUT2D eigenvalue weighted by molar-refractivity contribution is 5.49. The molecule has 0 unspecified atom stereocenters. The number of hydrogen-bond acceptors (Lipinski definition) is 7. The molecular weight excluding hydrogens is 262 g/mol. The summed E-state index contributed by atoms with van der Waals surface area (Å²) in [6.45, 7) is 0. The SMILES string of the molecule is CNc1ncc([N+](=O)[O-])c(Oc2ccccc2C#N)n1. The van der Waals surface area contributed by atoms with Crippen LogP contribution in [0.15, 0.2) is 30.5 Å². The molecule has 0 radical (unpaired) electrons. The van der Waals surface area contributed by atoms with Crippen LogP contribution in [0.2, 0.25) is 0 Å². The molecule has 0 spiro atoms. The molecule has 0 saturated carbocycles. The topological polar surface area (TPSA) is 114 Å². The van der Waals surface area contributed by atoms with Gasteiger partial charge in [-0.2, -0.15) is 10.2 Å². The van der Waals surface area contributed by atoms with Crippen LogP contribution >= 0.6 is 0 Å². The fraction of sp³-hybridized carbons (Fsp3) is 0.0833. The lowest BCUT2D eigenvalue weighted by Crippen LogP contribution is -2.02. The Morgan fingerprint density at radius 3 is 2.85 bits per heavy atom. The van der Waals surface area contributed by atoms with Crippen LogP contribution in [0.5, 0.6) is 11.6 Å². The van der Waals surface area contributed by atoms with Crippen molar-refractivity contribution >= 4 is 11.6 Å². The molecule has 0 saturated heterocycles. The van der Waals surface area contributed by atoms with Crippen molar-refractivity contribution in [1.29, 1.82) is 5.26 Å². The van der Waals surface area contributed by atoms with Crippen LogP contribution in [0.4, 0.5) is 11.6 Å². The van der Waals surface area contributed by atoms with Crippen molar-refractivity contribution in [3.05, 3.63) is 46.1 Å². The molecule has 2 rings (SSSR count). The number of nitro groups is 1. The summed E-state index contributed by atoms with van der Waals surface area (Å²) >= 11 is 0. The van der Waals surface area contributed by atoms with Crippen molar-refractivity contribution in [3.63, 3.8) is 0 Å². The second kappa shape index (κ2) is 5.62. The standard InChI is InChI=1S/C12H9N5O3/c1-14-12-15-7-9(17(18)19)11(16-12)20-10-5-3-2-4-8(10)6-13/h2-5,7H,1H3,(H,14,15,16). The average molecular weight is 271 g/mol. The van der Waals surface area contributed by atoms with Crippen LogP contribution in [-0.4, -0.2) is 21.9 Å². The van der Waals surface area contributed by atoms with Gasteiger partial charge < -0.3 is 10.1 Å². The van der Waals surface area contributed by atoms with Gasteiger partial charge in [0.1, 0.15) is 18.0 Å². The first-order valence-corrected chi connectivity index (χ1v) is 5.52. The molecule has 0 bridgehead atoms. The molecule has 8 heteroatoms. The van der Waals surface area contributed by atoms with Gasteiger partial charge in [-0.25, -0.2) is 4.98 Å². The van der Waals surface area contributed by atoms with Gasteiger partial charge in [0, 0.05) is 7.05 Å². The number of nitrogens with one attached hydrogen (secondary N) is 1. The van der Waals surface area contributed by atoms with Crippen molar-refractivity contribution in [3.8, 4) is 17.7 Å². The Morgan fingerprint density at radius 1 is 1.45 bits per heavy atom. The van der Waals surface area contributed by atoms with E-state index in [2.05, 4.69) is 15.3 Å². The van der Waals surface area contributed by atoms with Crippen molar-refractivity contribution in [2.45, 2.75) is 0 Å². The zero-order valence-corrected chi connectivity index (χ0v) is 10.4. The third-order valence-corrected chi connectivity index (χ3v) is 2.37. The largest absolute Gasteiger partial charge is 0.432 e. The van der Waals surface area contributed by atoms with E-state index < -0.39 is 4.92 Å². The maximum Gasteiger partial charge on any atom is 0.349 e. The van der Waals surface area contributed by atoms with Gasteiger partial charge >= 0.3 is 11.6 Å². The monoisotopic (exact) mass is 271 g/mol. The molecule has 1 heterocycles. The van der Waals surface area contributed by atoms with E-state index in [1.165, 1.54) is 6.07 Å². The Labute approximate surface area is 113 Å². The van der Waals surface area contributed by atoms with Gasteiger partial charge in [0.15, 0.2) is 0 Å². The number of anilines is 1. The molecule has 2 aromatic rings. The molecule has 0 aliphatic carbocycles. The van der Waals surface area contributed by atoms with Gasteiger partial charge in [-0.1, -0.05) is 12.1 Å². The summed E-state index contributed by atoms with van der Waals surface area (Å²) in [4.78, 5) is 17.9. The van der Waals surface area contributed by atoms with Crippen LogP contribution in [0, 0.1) is 21.4 Å². The van der Waals surface area contributed by atoms with Crippen LogP contribution in [0.25, 0.3) is 0 Å². The van der Waals surface area contributed by atoms with Gasteiger partial charge in [-0.05, 0) is 12.1 Å². The van der Waals surface area contributed by atoms with Crippen LogP contribution in [-0.2, 0) is 0 Å². The summed E-state index contributed by atoms with van der Waals surface area (Å²) < 4.78 is 5.38. The number of ether oxygens (including phenoxy) is 1. The zero-order chi connectivity index (χ0) is 14.5. The molecule has 8 nitrogen and oxygen atoms in total. The van der Waals surface area contributed by atoms with Gasteiger partial charge in [0.2, 0.25) is 5.95 Å². The predicted molar refractivity (Wildman–Crippen MR) is 69.5 cm³/mol. The minimum atomic E-state index is -0.649. The molecule has 20 heavy (non-hydrogen) atoms. The molecule has 0 aliphatic rings. The van der Waals surface area contributed by atoms with E-state index in [1.807, 2.05) is 6.07 Å². The van der Waals surface area contributed by atoms with Crippen molar-refractivity contribution in [1.82, 2.24) is 9.97 Å². The van der Waals surface area contributed by atoms with E-state index >= 15 is 0 Å². The Bertz CT molecular complexity index is 696. The second-order valence-electron chi connectivity index (χ2n) is 3.60. The smallest absolute Gasteiger partial charge is 0.349 e. The molecule has 1 N–H and O–H groups in total. The molecule has 0 atom stereocenters. The first-order chi connectivity index (χ1) is 9.65. The van der Waals surface area contributed by atoms with Crippen molar-refractivity contribution in [2.24, 2.45) is 0 Å². The lowest BCUT2D eigenvalue weighted by Gasteiger charge is -2.07.